The monoisotopic (exact) mass is 1090 g/mol. The zero-order valence-electron chi connectivity index (χ0n) is 42.8. The van der Waals surface area contributed by atoms with E-state index in [-0.39, 0.29) is 0 Å². The Morgan fingerprint density at radius 3 is 1.12 bits per heavy atom. The van der Waals surface area contributed by atoms with Crippen LogP contribution in [0.5, 0.6) is 5.75 Å². The van der Waals surface area contributed by atoms with E-state index in [0.29, 0.717) is 77.8 Å². The van der Waals surface area contributed by atoms with E-state index in [1.807, 2.05) is 24.3 Å². The molecule has 416 valence electrons. The van der Waals surface area contributed by atoms with Gasteiger partial charge in [0.05, 0.1) is 5.56 Å². The minimum Gasteiger partial charge on any atom is -0.429 e. The first-order valence-corrected chi connectivity index (χ1v) is 26.2. The van der Waals surface area contributed by atoms with E-state index in [2.05, 4.69) is 25.5 Å². The second-order valence-corrected chi connectivity index (χ2v) is 21.3. The number of ether oxygens (including phenoxy) is 1. The molecule has 0 N–H and O–H groups in total. The summed E-state index contributed by atoms with van der Waals surface area (Å²) in [4.78, 5) is 0. The molecule has 4 saturated carbocycles. The molecule has 0 saturated heterocycles. The smallest absolute Gasteiger partial charge is 0.426 e. The van der Waals surface area contributed by atoms with Crippen LogP contribution in [-0.4, -0.2) is 6.93 Å². The van der Waals surface area contributed by atoms with Crippen molar-refractivity contribution in [2.75, 3.05) is 6.93 Å². The second kappa shape index (κ2) is 26.9. The van der Waals surface area contributed by atoms with Crippen molar-refractivity contribution in [1.82, 2.24) is 0 Å². The van der Waals surface area contributed by atoms with Gasteiger partial charge in [0.15, 0.2) is 52.4 Å². The molecular weight excluding hydrogens is 1020 g/mol. The van der Waals surface area contributed by atoms with Crippen LogP contribution in [0.3, 0.4) is 0 Å². The van der Waals surface area contributed by atoms with Crippen LogP contribution < -0.4 is 4.74 Å². The van der Waals surface area contributed by atoms with E-state index >= 15 is 0 Å². The Morgan fingerprint density at radius 1 is 0.395 bits per heavy atom. The maximum absolute atomic E-state index is 14.7. The normalized spacial score (nSPS) is 23.9. The molecule has 0 amide bonds. The molecule has 0 heterocycles. The van der Waals surface area contributed by atoms with Gasteiger partial charge < -0.3 is 4.74 Å². The summed E-state index contributed by atoms with van der Waals surface area (Å²) in [5.41, 5.74) is 2.15. The van der Waals surface area contributed by atoms with Crippen LogP contribution >= 0.6 is 0 Å². The number of hydrogen-bond donors (Lipinski definition) is 0. The number of rotatable bonds is 9. The summed E-state index contributed by atoms with van der Waals surface area (Å²) in [6.07, 6.45) is 12.4. The van der Waals surface area contributed by atoms with Gasteiger partial charge in [-0.05, 0) is 164 Å². The highest BCUT2D eigenvalue weighted by Crippen LogP contribution is 2.49. The third-order valence-corrected chi connectivity index (χ3v) is 16.0. The van der Waals surface area contributed by atoms with Crippen LogP contribution in [0.4, 0.5) is 65.9 Å². The van der Waals surface area contributed by atoms with Gasteiger partial charge in [-0.1, -0.05) is 95.7 Å². The highest BCUT2D eigenvalue weighted by molar-refractivity contribution is 5.64. The van der Waals surface area contributed by atoms with Crippen LogP contribution in [0.1, 0.15) is 158 Å². The summed E-state index contributed by atoms with van der Waals surface area (Å²) in [6, 6.07) is 17.3. The Labute approximate surface area is 435 Å². The molecule has 0 atom stereocenters. The Balaban J connectivity index is 0.000000181. The molecule has 16 heteroatoms. The largest absolute Gasteiger partial charge is 0.429 e. The number of alkyl halides is 6. The lowest BCUT2D eigenvalue weighted by molar-refractivity contribution is -0.185. The summed E-state index contributed by atoms with van der Waals surface area (Å²) in [6.45, 7) is 5.00. The molecule has 0 spiro atoms. The van der Waals surface area contributed by atoms with Crippen molar-refractivity contribution in [3.05, 3.63) is 160 Å². The molecule has 0 bridgehead atoms. The Hall–Kier alpha value is -5.15. The van der Waals surface area contributed by atoms with Crippen molar-refractivity contribution in [2.24, 2.45) is 35.5 Å². The molecule has 9 rings (SSSR count). The van der Waals surface area contributed by atoms with E-state index in [1.165, 1.54) is 69.1 Å². The zero-order valence-corrected chi connectivity index (χ0v) is 42.8. The molecule has 0 aliphatic heterocycles. The van der Waals surface area contributed by atoms with Gasteiger partial charge >= 0.3 is 6.11 Å². The first-order valence-electron chi connectivity index (χ1n) is 26.2. The van der Waals surface area contributed by atoms with Gasteiger partial charge in [0, 0.05) is 23.6 Å². The molecule has 0 unspecified atom stereocenters. The minimum atomic E-state index is -3.80. The SMILES string of the molecule is CC1CCC(C2CCC(C(F)(F)c3cc(F)c(F)c(F)c3)CC2)CC1.CC1CCC(c2ccc(-c3cc(F)c(F)c(F)c3)cc2)CC1.CC1CCC(c2ccc(C(F)(F)Oc3cc(F)c(F)c(F)c3)cc2)CC1.FCF. The molecule has 4 fully saturated rings. The van der Waals surface area contributed by atoms with Crippen molar-refractivity contribution < 1.29 is 70.6 Å². The molecule has 4 aliphatic rings. The maximum Gasteiger partial charge on any atom is 0.426 e. The predicted molar refractivity (Wildman–Crippen MR) is 264 cm³/mol. The average molecular weight is 1090 g/mol. The first-order chi connectivity index (χ1) is 36.0. The van der Waals surface area contributed by atoms with Crippen molar-refractivity contribution in [2.45, 2.75) is 147 Å². The van der Waals surface area contributed by atoms with E-state index in [9.17, 15) is 65.9 Å². The molecule has 1 nitrogen and oxygen atoms in total. The van der Waals surface area contributed by atoms with Crippen molar-refractivity contribution in [1.29, 1.82) is 0 Å². The van der Waals surface area contributed by atoms with Crippen LogP contribution in [-0.2, 0) is 12.0 Å². The second-order valence-electron chi connectivity index (χ2n) is 21.3. The highest BCUT2D eigenvalue weighted by atomic mass is 19.3. The average Bonchev–Trinajstić information content (AvgIpc) is 3.40. The Morgan fingerprint density at radius 2 is 0.724 bits per heavy atom. The van der Waals surface area contributed by atoms with E-state index in [4.69, 9.17) is 0 Å². The van der Waals surface area contributed by atoms with E-state index < -0.39 is 94.1 Å². The molecule has 0 aromatic heterocycles. The summed E-state index contributed by atoms with van der Waals surface area (Å²) in [5.74, 6) is -14.2. The highest BCUT2D eigenvalue weighted by Gasteiger charge is 2.45. The standard InChI is InChI=1S/C20H19F5O.C20H25F5.C19H19F3.CH2F2/c1-12-2-4-13(5-3-12)14-6-8-15(9-7-14)20(24,25)26-16-10-17(21)19(23)18(22)11-16;1-12-2-4-13(5-3-12)14-6-8-15(9-7-14)20(24,25)16-10-17(21)19(23)18(22)11-16;1-12-2-4-13(5-3-12)14-6-8-15(9-7-14)16-10-17(20)19(22)18(21)11-16;2-1-3/h6-13H,2-5H2,1H3;10-15H,2-9H2,1H3;6-13H,2-5H2,1H3;1H2. The van der Waals surface area contributed by atoms with Gasteiger partial charge in [0.2, 0.25) is 6.93 Å². The summed E-state index contributed by atoms with van der Waals surface area (Å²) in [7, 11) is 0. The third-order valence-electron chi connectivity index (χ3n) is 16.0. The van der Waals surface area contributed by atoms with Gasteiger partial charge in [-0.15, -0.1) is 0 Å². The fraction of sp³-hybridized carbons (Fsp3) is 0.500. The summed E-state index contributed by atoms with van der Waals surface area (Å²) < 4.78 is 200. The number of benzene rings is 5. The molecular formula is C60H65F15O. The third kappa shape index (κ3) is 15.8. The van der Waals surface area contributed by atoms with Crippen LogP contribution in [0.25, 0.3) is 11.1 Å². The van der Waals surface area contributed by atoms with Gasteiger partial charge in [0.1, 0.15) is 5.75 Å². The number of halogens is 15. The molecule has 76 heavy (non-hydrogen) atoms. The van der Waals surface area contributed by atoms with Gasteiger partial charge in [-0.2, -0.15) is 8.78 Å². The molecule has 5 aromatic rings. The van der Waals surface area contributed by atoms with Crippen molar-refractivity contribution >= 4 is 0 Å². The maximum atomic E-state index is 14.7. The van der Waals surface area contributed by atoms with Crippen LogP contribution in [0, 0.1) is 87.9 Å². The van der Waals surface area contributed by atoms with Gasteiger partial charge in [-0.3, -0.25) is 0 Å². The summed E-state index contributed by atoms with van der Waals surface area (Å²) in [5, 5.41) is 0. The first kappa shape index (κ1) is 60.1. The van der Waals surface area contributed by atoms with Gasteiger partial charge in [-0.25, -0.2) is 57.1 Å². The van der Waals surface area contributed by atoms with Crippen LogP contribution in [0.2, 0.25) is 0 Å². The molecule has 0 radical (unpaired) electrons. The minimum absolute atomic E-state index is 0.352. The zero-order chi connectivity index (χ0) is 55.5. The molecule has 4 aliphatic carbocycles. The Kier molecular flexibility index (Phi) is 21.3. The van der Waals surface area contributed by atoms with E-state index in [0.717, 1.165) is 68.1 Å². The van der Waals surface area contributed by atoms with Crippen molar-refractivity contribution in [3.8, 4) is 16.9 Å². The van der Waals surface area contributed by atoms with Crippen molar-refractivity contribution in [3.63, 3.8) is 0 Å². The van der Waals surface area contributed by atoms with Gasteiger partial charge in [0.25, 0.3) is 5.92 Å². The lowest BCUT2D eigenvalue weighted by Gasteiger charge is -2.39. The topological polar surface area (TPSA) is 9.23 Å². The lowest BCUT2D eigenvalue weighted by Crippen LogP contribution is -2.32. The van der Waals surface area contributed by atoms with E-state index in [1.54, 1.807) is 12.1 Å². The lowest BCUT2D eigenvalue weighted by atomic mass is 9.68. The fourth-order valence-electron chi connectivity index (χ4n) is 11.3. The fourth-order valence-corrected chi connectivity index (χ4v) is 11.3. The molecule has 5 aromatic carbocycles. The number of hydrogen-bond acceptors (Lipinski definition) is 1. The quantitative estimate of drug-likeness (QED) is 0.106. The van der Waals surface area contributed by atoms with Crippen LogP contribution in [0.15, 0.2) is 84.9 Å². The Bertz CT molecular complexity index is 2540. The summed E-state index contributed by atoms with van der Waals surface area (Å²) >= 11 is 0. The predicted octanol–water partition coefficient (Wildman–Crippen LogP) is 20.3.